The van der Waals surface area contributed by atoms with Crippen molar-refractivity contribution in [1.29, 1.82) is 0 Å². The van der Waals surface area contributed by atoms with E-state index in [0.717, 1.165) is 0 Å². The van der Waals surface area contributed by atoms with E-state index >= 15 is 0 Å². The summed E-state index contributed by atoms with van der Waals surface area (Å²) in [4.78, 5) is 19.4. The number of esters is 1. The molecule has 5 heteroatoms. The molecule has 2 rings (SSSR count). The van der Waals surface area contributed by atoms with E-state index in [1.807, 2.05) is 0 Å². The van der Waals surface area contributed by atoms with E-state index in [9.17, 15) is 4.79 Å². The summed E-state index contributed by atoms with van der Waals surface area (Å²) >= 11 is 5.84. The van der Waals surface area contributed by atoms with Crippen molar-refractivity contribution in [2.24, 2.45) is 0 Å². The molecule has 2 aromatic rings. The number of carbonyl (C=O) groups is 1. The zero-order valence-electron chi connectivity index (χ0n) is 7.90. The van der Waals surface area contributed by atoms with Gasteiger partial charge in [-0.05, 0) is 18.2 Å². The van der Waals surface area contributed by atoms with Gasteiger partial charge in [0.05, 0.1) is 23.7 Å². The highest BCUT2D eigenvalue weighted by molar-refractivity contribution is 6.32. The Bertz CT molecular complexity index is 528. The van der Waals surface area contributed by atoms with Crippen LogP contribution in [0.4, 0.5) is 0 Å². The Kier molecular flexibility index (Phi) is 2.51. The minimum absolute atomic E-state index is 0.127. The summed E-state index contributed by atoms with van der Waals surface area (Å²) in [5.74, 6) is -0.514. The van der Waals surface area contributed by atoms with Gasteiger partial charge in [0.25, 0.3) is 0 Å². The van der Waals surface area contributed by atoms with Crippen LogP contribution in [0, 0.1) is 0 Å². The zero-order valence-corrected chi connectivity index (χ0v) is 8.65. The largest absolute Gasteiger partial charge is 0.465 e. The topological polar surface area (TPSA) is 52.1 Å². The van der Waals surface area contributed by atoms with Crippen LogP contribution in [-0.4, -0.2) is 23.0 Å². The van der Waals surface area contributed by atoms with Crippen molar-refractivity contribution in [2.45, 2.75) is 0 Å². The molecule has 0 N–H and O–H groups in total. The first-order valence-corrected chi connectivity index (χ1v) is 4.60. The number of fused-ring (bicyclic) bond motifs is 1. The number of hydrogen-bond acceptors (Lipinski definition) is 4. The lowest BCUT2D eigenvalue weighted by molar-refractivity contribution is 0.0600. The third-order valence-electron chi connectivity index (χ3n) is 1.94. The van der Waals surface area contributed by atoms with Gasteiger partial charge >= 0.3 is 5.97 Å². The van der Waals surface area contributed by atoms with Gasteiger partial charge in [0.1, 0.15) is 5.15 Å². The lowest BCUT2D eigenvalue weighted by Gasteiger charge is -2.02. The van der Waals surface area contributed by atoms with Crippen LogP contribution in [0.1, 0.15) is 10.4 Å². The van der Waals surface area contributed by atoms with E-state index < -0.39 is 5.97 Å². The highest BCUT2D eigenvalue weighted by atomic mass is 35.5. The van der Waals surface area contributed by atoms with Gasteiger partial charge in [0, 0.05) is 6.20 Å². The normalized spacial score (nSPS) is 10.3. The number of pyridine rings is 2. The molecule has 0 aliphatic rings. The molecule has 15 heavy (non-hydrogen) atoms. The maximum Gasteiger partial charge on any atom is 0.341 e. The Morgan fingerprint density at radius 1 is 1.47 bits per heavy atom. The molecule has 4 nitrogen and oxygen atoms in total. The van der Waals surface area contributed by atoms with Crippen LogP contribution in [0.25, 0.3) is 11.0 Å². The van der Waals surface area contributed by atoms with Crippen LogP contribution in [0.15, 0.2) is 24.4 Å². The van der Waals surface area contributed by atoms with Gasteiger partial charge in [0.15, 0.2) is 0 Å². The summed E-state index contributed by atoms with van der Waals surface area (Å²) in [6.45, 7) is 0. The Balaban J connectivity index is 2.67. The first-order valence-electron chi connectivity index (χ1n) is 4.22. The Morgan fingerprint density at radius 3 is 3.00 bits per heavy atom. The molecule has 76 valence electrons. The summed E-state index contributed by atoms with van der Waals surface area (Å²) in [5, 5.41) is 0.127. The van der Waals surface area contributed by atoms with Crippen molar-refractivity contribution in [1.82, 2.24) is 9.97 Å². The summed E-state index contributed by atoms with van der Waals surface area (Å²) < 4.78 is 4.57. The highest BCUT2D eigenvalue weighted by Crippen LogP contribution is 2.19. The molecular weight excluding hydrogens is 216 g/mol. The molecule has 0 aromatic carbocycles. The van der Waals surface area contributed by atoms with Gasteiger partial charge < -0.3 is 4.74 Å². The molecule has 0 bridgehead atoms. The number of hydrogen-bond donors (Lipinski definition) is 0. The molecular formula is C10H7ClN2O2. The second kappa shape index (κ2) is 3.82. The number of ether oxygens (including phenoxy) is 1. The Hall–Kier alpha value is -1.68. The monoisotopic (exact) mass is 222 g/mol. The molecule has 0 saturated heterocycles. The first-order chi connectivity index (χ1) is 7.22. The van der Waals surface area contributed by atoms with E-state index in [4.69, 9.17) is 11.6 Å². The maximum absolute atomic E-state index is 11.3. The number of rotatable bonds is 1. The van der Waals surface area contributed by atoms with Crippen LogP contribution in [0.2, 0.25) is 5.15 Å². The molecule has 0 saturated carbocycles. The van der Waals surface area contributed by atoms with Gasteiger partial charge in [0.2, 0.25) is 0 Å². The van der Waals surface area contributed by atoms with Crippen molar-refractivity contribution in [3.63, 3.8) is 0 Å². The van der Waals surface area contributed by atoms with Crippen LogP contribution < -0.4 is 0 Å². The molecule has 0 atom stereocenters. The average Bonchev–Trinajstić information content (AvgIpc) is 2.27. The van der Waals surface area contributed by atoms with Crippen molar-refractivity contribution in [3.8, 4) is 0 Å². The Labute approximate surface area is 90.9 Å². The van der Waals surface area contributed by atoms with Crippen molar-refractivity contribution in [2.75, 3.05) is 7.11 Å². The van der Waals surface area contributed by atoms with Crippen molar-refractivity contribution >= 4 is 28.6 Å². The molecule has 0 radical (unpaired) electrons. The minimum atomic E-state index is -0.514. The SMILES string of the molecule is COC(=O)c1cc2ncccc2nc1Cl. The summed E-state index contributed by atoms with van der Waals surface area (Å²) in [5.41, 5.74) is 1.49. The minimum Gasteiger partial charge on any atom is -0.465 e. The van der Waals surface area contributed by atoms with Gasteiger partial charge in [-0.2, -0.15) is 0 Å². The van der Waals surface area contributed by atoms with E-state index in [2.05, 4.69) is 14.7 Å². The molecule has 0 aliphatic heterocycles. The lowest BCUT2D eigenvalue weighted by Crippen LogP contribution is -2.03. The predicted octanol–water partition coefficient (Wildman–Crippen LogP) is 2.07. The number of halogens is 1. The van der Waals surface area contributed by atoms with E-state index in [1.54, 1.807) is 24.4 Å². The van der Waals surface area contributed by atoms with Crippen molar-refractivity contribution < 1.29 is 9.53 Å². The number of nitrogens with zero attached hydrogens (tertiary/aromatic N) is 2. The number of aromatic nitrogens is 2. The van der Waals surface area contributed by atoms with Crippen LogP contribution in [-0.2, 0) is 4.74 Å². The van der Waals surface area contributed by atoms with E-state index in [-0.39, 0.29) is 10.7 Å². The van der Waals surface area contributed by atoms with Gasteiger partial charge in [-0.1, -0.05) is 11.6 Å². The standard InChI is InChI=1S/C10H7ClN2O2/c1-15-10(14)6-5-8-7(13-9(6)11)3-2-4-12-8/h2-5H,1H3. The van der Waals surface area contributed by atoms with Gasteiger partial charge in [-0.25, -0.2) is 9.78 Å². The second-order valence-electron chi connectivity index (χ2n) is 2.86. The Morgan fingerprint density at radius 2 is 2.27 bits per heavy atom. The molecule has 0 amide bonds. The van der Waals surface area contributed by atoms with Gasteiger partial charge in [-0.15, -0.1) is 0 Å². The summed E-state index contributed by atoms with van der Waals surface area (Å²) in [7, 11) is 1.29. The molecule has 0 spiro atoms. The van der Waals surface area contributed by atoms with Gasteiger partial charge in [-0.3, -0.25) is 4.98 Å². The van der Waals surface area contributed by atoms with E-state index in [1.165, 1.54) is 7.11 Å². The third-order valence-corrected chi connectivity index (χ3v) is 2.23. The molecule has 2 aromatic heterocycles. The summed E-state index contributed by atoms with van der Waals surface area (Å²) in [6, 6.07) is 5.09. The van der Waals surface area contributed by atoms with Crippen LogP contribution in [0.3, 0.4) is 0 Å². The molecule has 0 unspecified atom stereocenters. The third kappa shape index (κ3) is 1.76. The average molecular weight is 223 g/mol. The maximum atomic E-state index is 11.3. The molecule has 2 heterocycles. The zero-order chi connectivity index (χ0) is 10.8. The van der Waals surface area contributed by atoms with Crippen LogP contribution >= 0.6 is 11.6 Å². The van der Waals surface area contributed by atoms with E-state index in [0.29, 0.717) is 11.0 Å². The smallest absolute Gasteiger partial charge is 0.341 e. The second-order valence-corrected chi connectivity index (χ2v) is 3.22. The number of carbonyl (C=O) groups excluding carboxylic acids is 1. The quantitative estimate of drug-likeness (QED) is 0.548. The predicted molar refractivity (Wildman–Crippen MR) is 55.9 cm³/mol. The fourth-order valence-electron chi connectivity index (χ4n) is 1.23. The highest BCUT2D eigenvalue weighted by Gasteiger charge is 2.13. The molecule has 0 aliphatic carbocycles. The van der Waals surface area contributed by atoms with Crippen molar-refractivity contribution in [3.05, 3.63) is 35.1 Å². The molecule has 0 fully saturated rings. The number of methoxy groups -OCH3 is 1. The summed E-state index contributed by atoms with van der Waals surface area (Å²) in [6.07, 6.45) is 1.62. The fourth-order valence-corrected chi connectivity index (χ4v) is 1.45. The fraction of sp³-hybridized carbons (Fsp3) is 0.100. The van der Waals surface area contributed by atoms with Crippen LogP contribution in [0.5, 0.6) is 0 Å². The lowest BCUT2D eigenvalue weighted by atomic mass is 10.2. The first kappa shape index (κ1) is 9.86.